The molecule has 4 atom stereocenters. The number of esters is 1. The smallest absolute Gasteiger partial charge is 0.422 e. The fourth-order valence-corrected chi connectivity index (χ4v) is 2.34. The second-order valence-electron chi connectivity index (χ2n) is 4.75. The van der Waals surface area contributed by atoms with Gasteiger partial charge in [0.05, 0.1) is 12.7 Å². The number of ether oxygens (including phenoxy) is 2. The Kier molecular flexibility index (Phi) is 4.18. The van der Waals surface area contributed by atoms with Gasteiger partial charge in [-0.1, -0.05) is 18.2 Å². The molecule has 0 saturated carbocycles. The maximum absolute atomic E-state index is 13.2. The van der Waals surface area contributed by atoms with Gasteiger partial charge in [-0.15, -0.1) is 0 Å². The molecule has 0 unspecified atom stereocenters. The lowest BCUT2D eigenvalue weighted by molar-refractivity contribution is -0.295. The summed E-state index contributed by atoms with van der Waals surface area (Å²) in [6, 6.07) is 4.99. The summed E-state index contributed by atoms with van der Waals surface area (Å²) in [5.41, 5.74) is -4.40. The van der Waals surface area contributed by atoms with E-state index in [9.17, 15) is 33.3 Å². The number of hydrogen-bond acceptors (Lipinski definition) is 6. The Morgan fingerprint density at radius 1 is 1.32 bits per heavy atom. The minimum absolute atomic E-state index is 0.279. The topological polar surface area (TPSA) is 96.2 Å². The normalized spacial score (nSPS) is 32.0. The number of carbonyl (C=O) groups excluding carboxylic acids is 1. The van der Waals surface area contributed by atoms with Gasteiger partial charge in [0.1, 0.15) is 12.2 Å². The number of halogens is 3. The van der Waals surface area contributed by atoms with Crippen molar-refractivity contribution in [2.24, 2.45) is 0 Å². The summed E-state index contributed by atoms with van der Waals surface area (Å²) < 4.78 is 48.7. The third-order valence-electron chi connectivity index (χ3n) is 3.50. The largest absolute Gasteiger partial charge is 0.465 e. The summed E-state index contributed by atoms with van der Waals surface area (Å²) in [5.74, 6) is -0.945. The maximum atomic E-state index is 13.2. The summed E-state index contributed by atoms with van der Waals surface area (Å²) in [4.78, 5) is 11.6. The Bertz CT molecular complexity index is 575. The SMILES string of the molecule is COC(=O)c1ccccc1[C@H]1O[C@H](O)[C@H](O)[C@@]1(O)C(F)(F)F. The first kappa shape index (κ1) is 16.7. The zero-order chi connectivity index (χ0) is 16.7. The van der Waals surface area contributed by atoms with Gasteiger partial charge in [0.2, 0.25) is 5.60 Å². The van der Waals surface area contributed by atoms with Crippen LogP contribution >= 0.6 is 0 Å². The molecule has 122 valence electrons. The van der Waals surface area contributed by atoms with Crippen LogP contribution in [0.2, 0.25) is 0 Å². The van der Waals surface area contributed by atoms with Gasteiger partial charge in [-0.2, -0.15) is 13.2 Å². The number of benzene rings is 1. The Balaban J connectivity index is 2.59. The molecule has 3 N–H and O–H groups in total. The molecule has 1 aromatic carbocycles. The highest BCUT2D eigenvalue weighted by Crippen LogP contribution is 2.50. The molecule has 0 spiro atoms. The van der Waals surface area contributed by atoms with Gasteiger partial charge in [-0.3, -0.25) is 0 Å². The molecular weight excluding hydrogens is 309 g/mol. The Hall–Kier alpha value is -1.68. The number of methoxy groups -OCH3 is 1. The van der Waals surface area contributed by atoms with Gasteiger partial charge in [-0.05, 0) is 11.6 Å². The van der Waals surface area contributed by atoms with E-state index in [1.807, 2.05) is 0 Å². The van der Waals surface area contributed by atoms with Crippen molar-refractivity contribution in [3.63, 3.8) is 0 Å². The minimum Gasteiger partial charge on any atom is -0.465 e. The van der Waals surface area contributed by atoms with Gasteiger partial charge in [0, 0.05) is 0 Å². The zero-order valence-corrected chi connectivity index (χ0v) is 11.2. The molecule has 0 amide bonds. The quantitative estimate of drug-likeness (QED) is 0.687. The number of aliphatic hydroxyl groups is 3. The van der Waals surface area contributed by atoms with E-state index in [2.05, 4.69) is 9.47 Å². The molecule has 1 heterocycles. The van der Waals surface area contributed by atoms with Crippen molar-refractivity contribution in [1.82, 2.24) is 0 Å². The van der Waals surface area contributed by atoms with E-state index in [-0.39, 0.29) is 11.1 Å². The molecule has 0 aromatic heterocycles. The van der Waals surface area contributed by atoms with Crippen LogP contribution < -0.4 is 0 Å². The van der Waals surface area contributed by atoms with Gasteiger partial charge < -0.3 is 24.8 Å². The van der Waals surface area contributed by atoms with Crippen molar-refractivity contribution in [2.75, 3.05) is 7.11 Å². The number of carbonyl (C=O) groups is 1. The van der Waals surface area contributed by atoms with Gasteiger partial charge in [0.25, 0.3) is 0 Å². The lowest BCUT2D eigenvalue weighted by Crippen LogP contribution is -2.56. The van der Waals surface area contributed by atoms with Crippen LogP contribution in [0.15, 0.2) is 24.3 Å². The number of rotatable bonds is 2. The van der Waals surface area contributed by atoms with E-state index in [4.69, 9.17) is 0 Å². The predicted octanol–water partition coefficient (Wildman–Crippen LogP) is 0.517. The second-order valence-corrected chi connectivity index (χ2v) is 4.75. The molecule has 6 nitrogen and oxygen atoms in total. The maximum Gasteiger partial charge on any atom is 0.422 e. The van der Waals surface area contributed by atoms with Crippen molar-refractivity contribution in [3.05, 3.63) is 35.4 Å². The summed E-state index contributed by atoms with van der Waals surface area (Å²) in [6.07, 6.45) is -12.4. The highest BCUT2D eigenvalue weighted by atomic mass is 19.4. The Morgan fingerprint density at radius 3 is 2.45 bits per heavy atom. The van der Waals surface area contributed by atoms with Gasteiger partial charge in [-0.25, -0.2) is 4.79 Å². The van der Waals surface area contributed by atoms with Crippen LogP contribution in [-0.2, 0) is 9.47 Å². The average Bonchev–Trinajstić information content (AvgIpc) is 2.71. The van der Waals surface area contributed by atoms with E-state index < -0.39 is 36.2 Å². The lowest BCUT2D eigenvalue weighted by Gasteiger charge is -2.33. The molecular formula is C13H13F3O6. The lowest BCUT2D eigenvalue weighted by atomic mass is 9.85. The molecule has 0 bridgehead atoms. The molecule has 1 aliphatic rings. The van der Waals surface area contributed by atoms with E-state index >= 15 is 0 Å². The zero-order valence-electron chi connectivity index (χ0n) is 11.2. The van der Waals surface area contributed by atoms with Gasteiger partial charge in [0.15, 0.2) is 6.29 Å². The summed E-state index contributed by atoms with van der Waals surface area (Å²) in [6.45, 7) is 0. The predicted molar refractivity (Wildman–Crippen MR) is 64.6 cm³/mol. The van der Waals surface area contributed by atoms with Crippen LogP contribution in [0.25, 0.3) is 0 Å². The fourth-order valence-electron chi connectivity index (χ4n) is 2.34. The van der Waals surface area contributed by atoms with E-state index in [0.29, 0.717) is 0 Å². The number of alkyl halides is 3. The molecule has 9 heteroatoms. The first-order chi connectivity index (χ1) is 10.1. The van der Waals surface area contributed by atoms with Crippen LogP contribution in [0.4, 0.5) is 13.2 Å². The van der Waals surface area contributed by atoms with E-state index in [0.717, 1.165) is 13.2 Å². The van der Waals surface area contributed by atoms with Crippen LogP contribution in [0.3, 0.4) is 0 Å². The Morgan fingerprint density at radius 2 is 1.91 bits per heavy atom. The molecule has 0 aliphatic carbocycles. The van der Waals surface area contributed by atoms with Crippen molar-refractivity contribution in [1.29, 1.82) is 0 Å². The van der Waals surface area contributed by atoms with E-state index in [1.165, 1.54) is 18.2 Å². The molecule has 22 heavy (non-hydrogen) atoms. The fraction of sp³-hybridized carbons (Fsp3) is 0.462. The summed E-state index contributed by atoms with van der Waals surface area (Å²) >= 11 is 0. The standard InChI is InChI=1S/C13H13F3O6/c1-21-10(18)7-5-3-2-4-6(7)9-12(20,13(14,15)16)8(17)11(19)22-9/h2-5,8-9,11,17,19-20H,1H3/t8-,9+,11-,12-/m0/s1. The van der Waals surface area contributed by atoms with Crippen molar-refractivity contribution in [2.45, 2.75) is 30.3 Å². The van der Waals surface area contributed by atoms with Crippen LogP contribution in [-0.4, -0.2) is 52.6 Å². The molecule has 0 radical (unpaired) electrons. The molecule has 1 aromatic rings. The van der Waals surface area contributed by atoms with Crippen molar-refractivity contribution < 1.29 is 42.8 Å². The van der Waals surface area contributed by atoms with Gasteiger partial charge >= 0.3 is 12.1 Å². The highest BCUT2D eigenvalue weighted by Gasteiger charge is 2.70. The van der Waals surface area contributed by atoms with Crippen molar-refractivity contribution in [3.8, 4) is 0 Å². The van der Waals surface area contributed by atoms with Crippen LogP contribution in [0, 0.1) is 0 Å². The van der Waals surface area contributed by atoms with Crippen molar-refractivity contribution >= 4 is 5.97 Å². The Labute approximate surface area is 122 Å². The minimum atomic E-state index is -5.31. The molecule has 1 fully saturated rings. The van der Waals surface area contributed by atoms with E-state index in [1.54, 1.807) is 0 Å². The first-order valence-corrected chi connectivity index (χ1v) is 6.12. The molecule has 2 rings (SSSR count). The molecule has 1 aliphatic heterocycles. The molecule has 1 saturated heterocycles. The number of aliphatic hydroxyl groups excluding tert-OH is 2. The van der Waals surface area contributed by atoms with Crippen LogP contribution in [0.1, 0.15) is 22.0 Å². The summed E-state index contributed by atoms with van der Waals surface area (Å²) in [7, 11) is 1.04. The van der Waals surface area contributed by atoms with Crippen LogP contribution in [0.5, 0.6) is 0 Å². The first-order valence-electron chi connectivity index (χ1n) is 6.12. The highest BCUT2D eigenvalue weighted by molar-refractivity contribution is 5.91. The number of hydrogen-bond donors (Lipinski definition) is 3. The monoisotopic (exact) mass is 322 g/mol. The third-order valence-corrected chi connectivity index (χ3v) is 3.50. The second kappa shape index (κ2) is 5.51. The third kappa shape index (κ3) is 2.35. The average molecular weight is 322 g/mol. The summed E-state index contributed by atoms with van der Waals surface area (Å²) in [5, 5.41) is 28.8.